The molecule has 2 heteroatoms. The lowest BCUT2D eigenvalue weighted by Gasteiger charge is -2.06. The molecule has 0 aromatic rings. The minimum Gasteiger partial charge on any atom is -0.330 e. The van der Waals surface area contributed by atoms with Crippen molar-refractivity contribution >= 4 is 0 Å². The normalized spacial score (nSPS) is 11.4. The van der Waals surface area contributed by atoms with Crippen LogP contribution in [-0.4, -0.2) is 19.6 Å². The quantitative estimate of drug-likeness (QED) is 0.129. The summed E-state index contributed by atoms with van der Waals surface area (Å²) in [6.07, 6.45) is 34.2. The predicted octanol–water partition coefficient (Wildman–Crippen LogP) is 8.92. The molecule has 0 spiro atoms. The topological polar surface area (TPSA) is 38.0 Å². The van der Waals surface area contributed by atoms with Gasteiger partial charge in [-0.1, -0.05) is 142 Å². The summed E-state index contributed by atoms with van der Waals surface area (Å²) in [4.78, 5) is 0. The summed E-state index contributed by atoms with van der Waals surface area (Å²) in [5.74, 6) is 0. The third kappa shape index (κ3) is 27.9. The van der Waals surface area contributed by atoms with Gasteiger partial charge in [0.25, 0.3) is 0 Å². The molecule has 0 bridgehead atoms. The van der Waals surface area contributed by atoms with E-state index in [1.165, 1.54) is 167 Å². The van der Waals surface area contributed by atoms with Crippen molar-refractivity contribution in [3.05, 3.63) is 0 Å². The molecule has 0 aromatic heterocycles. The predicted molar refractivity (Wildman–Crippen MR) is 138 cm³/mol. The van der Waals surface area contributed by atoms with Crippen LogP contribution in [0.5, 0.6) is 0 Å². The summed E-state index contributed by atoms with van der Waals surface area (Å²) < 4.78 is 0. The van der Waals surface area contributed by atoms with E-state index in [2.05, 4.69) is 12.2 Å². The molecule has 2 nitrogen and oxygen atoms in total. The number of nitrogens with one attached hydrogen (secondary N) is 1. The van der Waals surface area contributed by atoms with Crippen LogP contribution in [0, 0.1) is 0 Å². The molecule has 0 rings (SSSR count). The second kappa shape index (κ2) is 28.9. The summed E-state index contributed by atoms with van der Waals surface area (Å²) >= 11 is 0. The Bertz CT molecular complexity index is 252. The van der Waals surface area contributed by atoms with Crippen molar-refractivity contribution in [2.24, 2.45) is 5.73 Å². The zero-order valence-electron chi connectivity index (χ0n) is 21.2. The fraction of sp³-hybridized carbons (Fsp3) is 1.00. The first-order valence-corrected chi connectivity index (χ1v) is 14.3. The van der Waals surface area contributed by atoms with Gasteiger partial charge in [0.2, 0.25) is 0 Å². The highest BCUT2D eigenvalue weighted by molar-refractivity contribution is 4.53. The van der Waals surface area contributed by atoms with Gasteiger partial charge in [-0.05, 0) is 38.9 Å². The zero-order chi connectivity index (χ0) is 21.8. The Morgan fingerprint density at radius 2 is 0.633 bits per heavy atom. The van der Waals surface area contributed by atoms with Gasteiger partial charge in [0, 0.05) is 0 Å². The second-order valence-corrected chi connectivity index (χ2v) is 9.67. The molecule has 0 aliphatic carbocycles. The van der Waals surface area contributed by atoms with E-state index in [0.29, 0.717) is 0 Å². The van der Waals surface area contributed by atoms with Crippen molar-refractivity contribution in [1.29, 1.82) is 0 Å². The van der Waals surface area contributed by atoms with E-state index in [4.69, 9.17) is 5.73 Å². The molecule has 3 N–H and O–H groups in total. The summed E-state index contributed by atoms with van der Waals surface area (Å²) in [5.41, 5.74) is 5.53. The van der Waals surface area contributed by atoms with Crippen LogP contribution in [-0.2, 0) is 0 Å². The van der Waals surface area contributed by atoms with Gasteiger partial charge in [-0.3, -0.25) is 0 Å². The molecular formula is C28H60N2. The van der Waals surface area contributed by atoms with Crippen LogP contribution in [0.3, 0.4) is 0 Å². The second-order valence-electron chi connectivity index (χ2n) is 9.67. The summed E-state index contributed by atoms with van der Waals surface area (Å²) in [6, 6.07) is 0. The summed E-state index contributed by atoms with van der Waals surface area (Å²) in [7, 11) is 0. The van der Waals surface area contributed by atoms with Crippen molar-refractivity contribution < 1.29 is 0 Å². The monoisotopic (exact) mass is 424 g/mol. The van der Waals surface area contributed by atoms with Crippen molar-refractivity contribution in [1.82, 2.24) is 5.32 Å². The maximum Gasteiger partial charge on any atom is -0.00489 e. The van der Waals surface area contributed by atoms with E-state index in [9.17, 15) is 0 Å². The van der Waals surface area contributed by atoms with Gasteiger partial charge >= 0.3 is 0 Å². The Morgan fingerprint density at radius 3 is 0.933 bits per heavy atom. The zero-order valence-corrected chi connectivity index (χ0v) is 21.2. The Balaban J connectivity index is 2.97. The molecule has 0 saturated heterocycles. The van der Waals surface area contributed by atoms with E-state index in [1.54, 1.807) is 0 Å². The van der Waals surface area contributed by atoms with Gasteiger partial charge in [0.15, 0.2) is 0 Å². The average molecular weight is 425 g/mol. The van der Waals surface area contributed by atoms with Gasteiger partial charge in [-0.2, -0.15) is 0 Å². The first kappa shape index (κ1) is 29.9. The minimum atomic E-state index is 0.871. The highest BCUT2D eigenvalue weighted by Gasteiger charge is 1.95. The molecule has 0 heterocycles. The van der Waals surface area contributed by atoms with E-state index in [-0.39, 0.29) is 0 Å². The maximum absolute atomic E-state index is 5.53. The molecule has 182 valence electrons. The summed E-state index contributed by atoms with van der Waals surface area (Å²) in [5, 5.41) is 3.65. The largest absolute Gasteiger partial charge is 0.330 e. The number of hydrogen-bond acceptors (Lipinski definition) is 2. The first-order chi connectivity index (χ1) is 14.9. The van der Waals surface area contributed by atoms with E-state index in [0.717, 1.165) is 6.54 Å². The molecule has 0 fully saturated rings. The molecule has 0 atom stereocenters. The SMILES string of the molecule is CCCCCCCCCCCCNCCCCCCCCCCCCCCCCN. The Hall–Kier alpha value is -0.0800. The minimum absolute atomic E-state index is 0.871. The molecule has 0 amide bonds. The molecule has 30 heavy (non-hydrogen) atoms. The van der Waals surface area contributed by atoms with Crippen molar-refractivity contribution in [2.75, 3.05) is 19.6 Å². The lowest BCUT2D eigenvalue weighted by molar-refractivity contribution is 0.520. The molecule has 0 radical (unpaired) electrons. The third-order valence-corrected chi connectivity index (χ3v) is 6.51. The van der Waals surface area contributed by atoms with E-state index >= 15 is 0 Å². The number of unbranched alkanes of at least 4 members (excludes halogenated alkanes) is 22. The maximum atomic E-state index is 5.53. The molecule has 0 aliphatic rings. The van der Waals surface area contributed by atoms with Gasteiger partial charge in [-0.15, -0.1) is 0 Å². The van der Waals surface area contributed by atoms with Crippen LogP contribution < -0.4 is 11.1 Å². The van der Waals surface area contributed by atoms with Gasteiger partial charge in [0.05, 0.1) is 0 Å². The van der Waals surface area contributed by atoms with Crippen LogP contribution in [0.25, 0.3) is 0 Å². The van der Waals surface area contributed by atoms with Crippen molar-refractivity contribution in [2.45, 2.75) is 161 Å². The van der Waals surface area contributed by atoms with Crippen molar-refractivity contribution in [3.63, 3.8) is 0 Å². The number of nitrogens with two attached hydrogens (primary N) is 1. The highest BCUT2D eigenvalue weighted by Crippen LogP contribution is 2.13. The Labute approximate surface area is 191 Å². The number of hydrogen-bond donors (Lipinski definition) is 2. The first-order valence-electron chi connectivity index (χ1n) is 14.3. The molecule has 0 unspecified atom stereocenters. The van der Waals surface area contributed by atoms with Crippen LogP contribution in [0.2, 0.25) is 0 Å². The van der Waals surface area contributed by atoms with Gasteiger partial charge in [-0.25, -0.2) is 0 Å². The fourth-order valence-corrected chi connectivity index (χ4v) is 4.38. The van der Waals surface area contributed by atoms with Crippen LogP contribution in [0.15, 0.2) is 0 Å². The van der Waals surface area contributed by atoms with Crippen LogP contribution in [0.4, 0.5) is 0 Å². The van der Waals surface area contributed by atoms with E-state index in [1.807, 2.05) is 0 Å². The van der Waals surface area contributed by atoms with Gasteiger partial charge in [0.1, 0.15) is 0 Å². The highest BCUT2D eigenvalue weighted by atomic mass is 14.8. The third-order valence-electron chi connectivity index (χ3n) is 6.51. The molecule has 0 aromatic carbocycles. The lowest BCUT2D eigenvalue weighted by Crippen LogP contribution is -2.16. The standard InChI is InChI=1S/C28H60N2/c1-2-3-4-5-6-7-15-18-21-24-27-30-28-25-22-19-16-13-11-9-8-10-12-14-17-20-23-26-29/h30H,2-29H2,1H3. The number of rotatable bonds is 27. The van der Waals surface area contributed by atoms with Gasteiger partial charge < -0.3 is 11.1 Å². The average Bonchev–Trinajstić information content (AvgIpc) is 2.76. The van der Waals surface area contributed by atoms with Crippen LogP contribution >= 0.6 is 0 Å². The molecule has 0 aliphatic heterocycles. The van der Waals surface area contributed by atoms with E-state index < -0.39 is 0 Å². The Morgan fingerprint density at radius 1 is 0.367 bits per heavy atom. The van der Waals surface area contributed by atoms with Crippen molar-refractivity contribution in [3.8, 4) is 0 Å². The fourth-order valence-electron chi connectivity index (χ4n) is 4.38. The summed E-state index contributed by atoms with van der Waals surface area (Å²) in [6.45, 7) is 5.65. The smallest absolute Gasteiger partial charge is 0.00489 e. The lowest BCUT2D eigenvalue weighted by atomic mass is 10.0. The molecule has 0 saturated carbocycles. The van der Waals surface area contributed by atoms with Crippen LogP contribution in [0.1, 0.15) is 161 Å². The molecular weight excluding hydrogens is 364 g/mol. The Kier molecular flexibility index (Phi) is 28.8.